The summed E-state index contributed by atoms with van der Waals surface area (Å²) in [6, 6.07) is 4.31. The lowest BCUT2D eigenvalue weighted by molar-refractivity contribution is -0.0167. The van der Waals surface area contributed by atoms with Gasteiger partial charge in [-0.2, -0.15) is 0 Å². The number of aliphatic hydroxyl groups excluding tert-OH is 2. The Kier molecular flexibility index (Phi) is 5.11. The third-order valence-corrected chi connectivity index (χ3v) is 6.39. The van der Waals surface area contributed by atoms with E-state index >= 15 is 0 Å². The summed E-state index contributed by atoms with van der Waals surface area (Å²) in [6.45, 7) is 3.11. The second kappa shape index (κ2) is 7.81. The van der Waals surface area contributed by atoms with Crippen LogP contribution in [0.4, 0.5) is 8.78 Å². The van der Waals surface area contributed by atoms with Crippen molar-refractivity contribution in [3.8, 4) is 5.75 Å². The lowest BCUT2D eigenvalue weighted by Gasteiger charge is -2.25. The zero-order chi connectivity index (χ0) is 21.7. The second-order valence-electron chi connectivity index (χ2n) is 8.24. The molecule has 0 amide bonds. The fourth-order valence-electron chi connectivity index (χ4n) is 4.71. The third kappa shape index (κ3) is 3.46. The van der Waals surface area contributed by atoms with Gasteiger partial charge in [0, 0.05) is 35.7 Å². The van der Waals surface area contributed by atoms with E-state index in [1.165, 1.54) is 18.5 Å². The molecule has 0 radical (unpaired) electrons. The molecule has 5 rings (SSSR count). The minimum Gasteiger partial charge on any atom is -0.487 e. The Labute approximate surface area is 177 Å². The van der Waals surface area contributed by atoms with Crippen molar-refractivity contribution >= 4 is 11.0 Å². The van der Waals surface area contributed by atoms with E-state index in [1.807, 2.05) is 23.8 Å². The highest BCUT2D eigenvalue weighted by molar-refractivity contribution is 5.78. The number of aromatic nitrogens is 3. The Balaban J connectivity index is 1.46. The summed E-state index contributed by atoms with van der Waals surface area (Å²) >= 11 is 0. The predicted molar refractivity (Wildman–Crippen MR) is 109 cm³/mol. The van der Waals surface area contributed by atoms with Crippen molar-refractivity contribution in [2.75, 3.05) is 6.54 Å². The molecule has 3 heterocycles. The minimum atomic E-state index is -2.61. The number of hydrogen-bond acceptors (Lipinski definition) is 6. The number of aliphatic hydroxyl groups is 2. The first kappa shape index (κ1) is 20.3. The van der Waals surface area contributed by atoms with Crippen molar-refractivity contribution < 1.29 is 23.7 Å². The van der Waals surface area contributed by atoms with Crippen LogP contribution < -0.4 is 10.1 Å². The number of nitrogens with zero attached hydrogens (tertiary/aromatic N) is 3. The molecule has 1 fully saturated rings. The van der Waals surface area contributed by atoms with Crippen LogP contribution in [-0.4, -0.2) is 49.6 Å². The second-order valence-corrected chi connectivity index (χ2v) is 8.24. The standard InChI is InChI=1S/C22H24F2N4O3/c1-11-14-3-5-28(22(14)27-10-26-11)16-8-18(20(30)19(16)29)31-17-7-13(21(23)24)6-12-2-4-25-9-15(12)17/h3,5-7,10,16,18-21,25,29-30H,2,4,8-9H2,1H3/t16?,18?,19-,20+/m0/s1. The van der Waals surface area contributed by atoms with E-state index in [0.29, 0.717) is 37.3 Å². The van der Waals surface area contributed by atoms with E-state index in [0.717, 1.165) is 22.2 Å². The normalized spacial score (nSPS) is 25.9. The highest BCUT2D eigenvalue weighted by Gasteiger charge is 2.44. The lowest BCUT2D eigenvalue weighted by atomic mass is 9.97. The van der Waals surface area contributed by atoms with Crippen LogP contribution in [0.3, 0.4) is 0 Å². The number of aryl methyl sites for hydroxylation is 1. The van der Waals surface area contributed by atoms with Gasteiger partial charge in [0.05, 0.1) is 11.7 Å². The van der Waals surface area contributed by atoms with Crippen LogP contribution >= 0.6 is 0 Å². The molecular formula is C22H24F2N4O3. The van der Waals surface area contributed by atoms with Gasteiger partial charge in [0.2, 0.25) is 0 Å². The summed E-state index contributed by atoms with van der Waals surface area (Å²) in [5, 5.41) is 25.6. The number of hydrogen-bond donors (Lipinski definition) is 3. The van der Waals surface area contributed by atoms with Gasteiger partial charge in [-0.15, -0.1) is 0 Å². The molecule has 1 aliphatic heterocycles. The van der Waals surface area contributed by atoms with E-state index in [2.05, 4.69) is 15.3 Å². The van der Waals surface area contributed by atoms with Crippen molar-refractivity contribution in [1.82, 2.24) is 19.9 Å². The van der Waals surface area contributed by atoms with Gasteiger partial charge in [0.1, 0.15) is 36.0 Å². The molecular weight excluding hydrogens is 406 g/mol. The van der Waals surface area contributed by atoms with E-state index < -0.39 is 30.8 Å². The topological polar surface area (TPSA) is 92.4 Å². The molecule has 3 N–H and O–H groups in total. The van der Waals surface area contributed by atoms with E-state index in [-0.39, 0.29) is 5.56 Å². The van der Waals surface area contributed by atoms with E-state index in [9.17, 15) is 19.0 Å². The van der Waals surface area contributed by atoms with Gasteiger partial charge >= 0.3 is 0 Å². The Hall–Kier alpha value is -2.62. The minimum absolute atomic E-state index is 0.0937. The molecule has 2 aliphatic rings. The van der Waals surface area contributed by atoms with Gasteiger partial charge in [-0.25, -0.2) is 18.7 Å². The molecule has 2 unspecified atom stereocenters. The van der Waals surface area contributed by atoms with Gasteiger partial charge in [0.25, 0.3) is 6.43 Å². The fraction of sp³-hybridized carbons (Fsp3) is 0.455. The van der Waals surface area contributed by atoms with Crippen molar-refractivity contribution in [3.63, 3.8) is 0 Å². The Morgan fingerprint density at radius 3 is 2.87 bits per heavy atom. The predicted octanol–water partition coefficient (Wildman–Crippen LogP) is 2.44. The van der Waals surface area contributed by atoms with Crippen LogP contribution in [-0.2, 0) is 13.0 Å². The summed E-state index contributed by atoms with van der Waals surface area (Å²) in [5.41, 5.74) is 3.07. The van der Waals surface area contributed by atoms with Crippen LogP contribution in [0.5, 0.6) is 5.75 Å². The Morgan fingerprint density at radius 2 is 2.06 bits per heavy atom. The highest BCUT2D eigenvalue weighted by Crippen LogP contribution is 2.38. The van der Waals surface area contributed by atoms with Gasteiger partial charge in [-0.1, -0.05) is 0 Å². The zero-order valence-electron chi connectivity index (χ0n) is 17.0. The first-order valence-electron chi connectivity index (χ1n) is 10.4. The van der Waals surface area contributed by atoms with Crippen molar-refractivity contribution in [1.29, 1.82) is 0 Å². The number of fused-ring (bicyclic) bond motifs is 2. The number of benzene rings is 1. The number of nitrogens with one attached hydrogen (secondary N) is 1. The van der Waals surface area contributed by atoms with Crippen LogP contribution in [0, 0.1) is 6.92 Å². The van der Waals surface area contributed by atoms with Gasteiger partial charge in [-0.3, -0.25) is 0 Å². The van der Waals surface area contributed by atoms with Gasteiger partial charge in [0.15, 0.2) is 0 Å². The van der Waals surface area contributed by atoms with Crippen molar-refractivity contribution in [2.24, 2.45) is 0 Å². The van der Waals surface area contributed by atoms with Crippen molar-refractivity contribution in [3.05, 3.63) is 53.1 Å². The molecule has 31 heavy (non-hydrogen) atoms. The van der Waals surface area contributed by atoms with Crippen LogP contribution in [0.25, 0.3) is 11.0 Å². The number of alkyl halides is 2. The molecule has 9 heteroatoms. The number of rotatable bonds is 4. The fourth-order valence-corrected chi connectivity index (χ4v) is 4.71. The summed E-state index contributed by atoms with van der Waals surface area (Å²) in [5.74, 6) is 0.340. The zero-order valence-corrected chi connectivity index (χ0v) is 17.0. The lowest BCUT2D eigenvalue weighted by Crippen LogP contribution is -2.35. The third-order valence-electron chi connectivity index (χ3n) is 6.39. The quantitative estimate of drug-likeness (QED) is 0.589. The van der Waals surface area contributed by atoms with Crippen molar-refractivity contribution in [2.45, 2.75) is 57.1 Å². The maximum absolute atomic E-state index is 13.4. The van der Waals surface area contributed by atoms with Crippen LogP contribution in [0.1, 0.15) is 41.3 Å². The first-order chi connectivity index (χ1) is 14.9. The molecule has 2 aromatic heterocycles. The van der Waals surface area contributed by atoms with Crippen LogP contribution in [0.15, 0.2) is 30.7 Å². The molecule has 7 nitrogen and oxygen atoms in total. The van der Waals surface area contributed by atoms with E-state index in [1.54, 1.807) is 0 Å². The summed E-state index contributed by atoms with van der Waals surface area (Å²) in [7, 11) is 0. The number of ether oxygens (including phenoxy) is 1. The van der Waals surface area contributed by atoms with E-state index in [4.69, 9.17) is 4.74 Å². The van der Waals surface area contributed by atoms with Gasteiger partial charge < -0.3 is 24.8 Å². The molecule has 0 saturated heterocycles. The molecule has 0 spiro atoms. The Bertz CT molecular complexity index is 1120. The SMILES string of the molecule is Cc1ncnc2c1ccn2C1CC(Oc2cc(C(F)F)cc3c2CNCC3)[C@@H](O)[C@H]1O. The number of halogens is 2. The smallest absolute Gasteiger partial charge is 0.263 e. The molecule has 1 saturated carbocycles. The monoisotopic (exact) mass is 430 g/mol. The van der Waals surface area contributed by atoms with Gasteiger partial charge in [-0.05, 0) is 43.7 Å². The summed E-state index contributed by atoms with van der Waals surface area (Å²) < 4.78 is 34.8. The molecule has 4 atom stereocenters. The molecule has 1 aliphatic carbocycles. The first-order valence-corrected chi connectivity index (χ1v) is 10.4. The summed E-state index contributed by atoms with van der Waals surface area (Å²) in [6.07, 6.45) is -1.35. The highest BCUT2D eigenvalue weighted by atomic mass is 19.3. The molecule has 0 bridgehead atoms. The molecule has 164 valence electrons. The molecule has 3 aromatic rings. The van der Waals surface area contributed by atoms with Crippen LogP contribution in [0.2, 0.25) is 0 Å². The Morgan fingerprint density at radius 1 is 1.23 bits per heavy atom. The maximum Gasteiger partial charge on any atom is 0.263 e. The average Bonchev–Trinajstić information content (AvgIpc) is 3.31. The maximum atomic E-state index is 13.4. The molecule has 1 aromatic carbocycles. The largest absolute Gasteiger partial charge is 0.487 e. The summed E-state index contributed by atoms with van der Waals surface area (Å²) in [4.78, 5) is 8.52. The average molecular weight is 430 g/mol.